The highest BCUT2D eigenvalue weighted by molar-refractivity contribution is 6.30. The van der Waals surface area contributed by atoms with Crippen molar-refractivity contribution in [2.24, 2.45) is 0 Å². The van der Waals surface area contributed by atoms with Crippen LogP contribution in [0, 0.1) is 0 Å². The van der Waals surface area contributed by atoms with Crippen LogP contribution in [0.1, 0.15) is 23.5 Å². The van der Waals surface area contributed by atoms with Gasteiger partial charge < -0.3 is 9.84 Å². The normalized spacial score (nSPS) is 21.5. The second kappa shape index (κ2) is 5.70. The molecule has 1 aliphatic heterocycles. The average molecular weight is 287 g/mol. The van der Waals surface area contributed by atoms with E-state index in [1.165, 1.54) is 0 Å². The Bertz CT molecular complexity index is 622. The van der Waals surface area contributed by atoms with Gasteiger partial charge in [-0.2, -0.15) is 0 Å². The zero-order chi connectivity index (χ0) is 13.9. The van der Waals surface area contributed by atoms with E-state index in [0.29, 0.717) is 17.2 Å². The Hall–Kier alpha value is -1.77. The third-order valence-corrected chi connectivity index (χ3v) is 3.65. The molecular formula is C17H15ClO2. The summed E-state index contributed by atoms with van der Waals surface area (Å²) in [4.78, 5) is 0. The van der Waals surface area contributed by atoms with E-state index in [1.807, 2.05) is 42.5 Å². The SMILES string of the molecule is O[C@H]1CC(C=Cc2ccccc2)c2cc(Cl)ccc2O1. The van der Waals surface area contributed by atoms with Gasteiger partial charge in [-0.15, -0.1) is 0 Å². The summed E-state index contributed by atoms with van der Waals surface area (Å²) in [7, 11) is 0. The first-order valence-corrected chi connectivity index (χ1v) is 6.97. The molecule has 2 atom stereocenters. The van der Waals surface area contributed by atoms with Gasteiger partial charge in [0.1, 0.15) is 5.75 Å². The van der Waals surface area contributed by atoms with Crippen molar-refractivity contribution >= 4 is 17.7 Å². The third-order valence-electron chi connectivity index (χ3n) is 3.41. The first-order valence-electron chi connectivity index (χ1n) is 6.60. The Morgan fingerprint density at radius 3 is 2.75 bits per heavy atom. The van der Waals surface area contributed by atoms with Crippen LogP contribution in [-0.2, 0) is 0 Å². The summed E-state index contributed by atoms with van der Waals surface area (Å²) < 4.78 is 5.43. The van der Waals surface area contributed by atoms with Crippen LogP contribution in [0.2, 0.25) is 5.02 Å². The highest BCUT2D eigenvalue weighted by Crippen LogP contribution is 2.38. The molecule has 1 aliphatic rings. The van der Waals surface area contributed by atoms with Crippen molar-refractivity contribution in [2.75, 3.05) is 0 Å². The van der Waals surface area contributed by atoms with Gasteiger partial charge >= 0.3 is 0 Å². The Balaban J connectivity index is 1.91. The van der Waals surface area contributed by atoms with Crippen LogP contribution in [0.4, 0.5) is 0 Å². The Morgan fingerprint density at radius 1 is 1.15 bits per heavy atom. The van der Waals surface area contributed by atoms with Crippen molar-refractivity contribution in [1.29, 1.82) is 0 Å². The lowest BCUT2D eigenvalue weighted by Gasteiger charge is -2.27. The number of hydrogen-bond acceptors (Lipinski definition) is 2. The van der Waals surface area contributed by atoms with Gasteiger partial charge in [0, 0.05) is 22.9 Å². The van der Waals surface area contributed by atoms with Crippen LogP contribution >= 0.6 is 11.6 Å². The first kappa shape index (κ1) is 13.2. The molecule has 1 unspecified atom stereocenters. The van der Waals surface area contributed by atoms with E-state index in [9.17, 15) is 5.11 Å². The predicted molar refractivity (Wildman–Crippen MR) is 80.9 cm³/mol. The van der Waals surface area contributed by atoms with E-state index in [1.54, 1.807) is 6.07 Å². The molecule has 3 rings (SSSR count). The highest BCUT2D eigenvalue weighted by atomic mass is 35.5. The van der Waals surface area contributed by atoms with Crippen molar-refractivity contribution < 1.29 is 9.84 Å². The molecular weight excluding hydrogens is 272 g/mol. The van der Waals surface area contributed by atoms with E-state index >= 15 is 0 Å². The largest absolute Gasteiger partial charge is 0.465 e. The molecule has 0 amide bonds. The molecule has 3 heteroatoms. The van der Waals surface area contributed by atoms with Crippen molar-refractivity contribution in [3.8, 4) is 5.75 Å². The fourth-order valence-corrected chi connectivity index (χ4v) is 2.61. The molecule has 0 aliphatic carbocycles. The van der Waals surface area contributed by atoms with Crippen LogP contribution in [0.25, 0.3) is 6.08 Å². The van der Waals surface area contributed by atoms with Crippen molar-refractivity contribution in [2.45, 2.75) is 18.6 Å². The fraction of sp³-hybridized carbons (Fsp3) is 0.176. The number of fused-ring (bicyclic) bond motifs is 1. The maximum Gasteiger partial charge on any atom is 0.198 e. The summed E-state index contributed by atoms with van der Waals surface area (Å²) in [5, 5.41) is 10.5. The molecule has 20 heavy (non-hydrogen) atoms. The summed E-state index contributed by atoms with van der Waals surface area (Å²) in [6.45, 7) is 0. The minimum atomic E-state index is -0.769. The Morgan fingerprint density at radius 2 is 1.95 bits per heavy atom. The molecule has 1 N–H and O–H groups in total. The fourth-order valence-electron chi connectivity index (χ4n) is 2.43. The van der Waals surface area contributed by atoms with Crippen molar-refractivity contribution in [3.63, 3.8) is 0 Å². The van der Waals surface area contributed by atoms with Crippen LogP contribution in [0.3, 0.4) is 0 Å². The molecule has 102 valence electrons. The van der Waals surface area contributed by atoms with Gasteiger partial charge in [0.25, 0.3) is 0 Å². The van der Waals surface area contributed by atoms with Gasteiger partial charge in [-0.05, 0) is 23.8 Å². The monoisotopic (exact) mass is 286 g/mol. The lowest BCUT2D eigenvalue weighted by molar-refractivity contribution is -0.0352. The number of rotatable bonds is 2. The molecule has 0 fully saturated rings. The summed E-state index contributed by atoms with van der Waals surface area (Å²) >= 11 is 6.05. The summed E-state index contributed by atoms with van der Waals surface area (Å²) in [5.74, 6) is 0.809. The summed E-state index contributed by atoms with van der Waals surface area (Å²) in [6.07, 6.45) is 3.93. The number of aliphatic hydroxyl groups excluding tert-OH is 1. The number of ether oxygens (including phenoxy) is 1. The predicted octanol–water partition coefficient (Wildman–Crippen LogP) is 4.24. The zero-order valence-electron chi connectivity index (χ0n) is 10.9. The van der Waals surface area contributed by atoms with Crippen molar-refractivity contribution in [1.82, 2.24) is 0 Å². The molecule has 0 aromatic heterocycles. The number of halogens is 1. The molecule has 1 heterocycles. The quantitative estimate of drug-likeness (QED) is 0.895. The van der Waals surface area contributed by atoms with E-state index in [0.717, 1.165) is 11.1 Å². The second-order valence-electron chi connectivity index (χ2n) is 4.87. The summed E-state index contributed by atoms with van der Waals surface area (Å²) in [6, 6.07) is 15.6. The Labute approximate surface area is 123 Å². The highest BCUT2D eigenvalue weighted by Gasteiger charge is 2.25. The molecule has 0 bridgehead atoms. The molecule has 0 saturated carbocycles. The topological polar surface area (TPSA) is 29.5 Å². The smallest absolute Gasteiger partial charge is 0.198 e. The molecule has 2 aromatic rings. The van der Waals surface area contributed by atoms with Gasteiger partial charge in [0.2, 0.25) is 0 Å². The van der Waals surface area contributed by atoms with E-state index in [2.05, 4.69) is 12.2 Å². The number of allylic oxidation sites excluding steroid dienone is 1. The van der Waals surface area contributed by atoms with Gasteiger partial charge in [-0.1, -0.05) is 54.1 Å². The number of benzene rings is 2. The third kappa shape index (κ3) is 2.87. The molecule has 0 radical (unpaired) electrons. The van der Waals surface area contributed by atoms with E-state index < -0.39 is 6.29 Å². The van der Waals surface area contributed by atoms with Crippen LogP contribution < -0.4 is 4.74 Å². The van der Waals surface area contributed by atoms with Crippen molar-refractivity contribution in [3.05, 3.63) is 70.8 Å². The van der Waals surface area contributed by atoms with Crippen LogP contribution in [0.15, 0.2) is 54.6 Å². The zero-order valence-corrected chi connectivity index (χ0v) is 11.6. The van der Waals surface area contributed by atoms with Gasteiger partial charge in [-0.25, -0.2) is 0 Å². The minimum Gasteiger partial charge on any atom is -0.465 e. The Kier molecular flexibility index (Phi) is 3.77. The average Bonchev–Trinajstić information content (AvgIpc) is 2.46. The minimum absolute atomic E-state index is 0.104. The number of hydrogen-bond donors (Lipinski definition) is 1. The molecule has 2 aromatic carbocycles. The number of aliphatic hydroxyl groups is 1. The standard InChI is InChI=1S/C17H15ClO2/c18-14-8-9-16-15(11-14)13(10-17(19)20-16)7-6-12-4-2-1-3-5-12/h1-9,11,13,17,19H,10H2/t13?,17-/m1/s1. The van der Waals surface area contributed by atoms with Gasteiger partial charge in [0.15, 0.2) is 6.29 Å². The molecule has 0 saturated heterocycles. The maximum atomic E-state index is 9.80. The lowest BCUT2D eigenvalue weighted by Crippen LogP contribution is -2.24. The molecule has 0 spiro atoms. The van der Waals surface area contributed by atoms with Crippen LogP contribution in [0.5, 0.6) is 5.75 Å². The van der Waals surface area contributed by atoms with Crippen LogP contribution in [-0.4, -0.2) is 11.4 Å². The van der Waals surface area contributed by atoms with E-state index in [4.69, 9.17) is 16.3 Å². The van der Waals surface area contributed by atoms with E-state index in [-0.39, 0.29) is 5.92 Å². The molecule has 2 nitrogen and oxygen atoms in total. The second-order valence-corrected chi connectivity index (χ2v) is 5.30. The first-order chi connectivity index (χ1) is 9.72. The maximum absolute atomic E-state index is 9.80. The lowest BCUT2D eigenvalue weighted by atomic mass is 9.91. The summed E-state index contributed by atoms with van der Waals surface area (Å²) in [5.41, 5.74) is 2.16. The van der Waals surface area contributed by atoms with Gasteiger partial charge in [0.05, 0.1) is 0 Å². The van der Waals surface area contributed by atoms with Gasteiger partial charge in [-0.3, -0.25) is 0 Å².